The highest BCUT2D eigenvalue weighted by atomic mass is 31.1. The Morgan fingerprint density at radius 3 is 1.71 bits per heavy atom. The molecule has 1 heterocycles. The molecule has 76 valence electrons. The normalized spacial score (nSPS) is 30.5. The fourth-order valence-corrected chi connectivity index (χ4v) is 5.46. The molecular formula is C13H19P. The van der Waals surface area contributed by atoms with Crippen molar-refractivity contribution in [3.05, 3.63) is 28.8 Å². The van der Waals surface area contributed by atoms with Gasteiger partial charge in [0.05, 0.1) is 0 Å². The van der Waals surface area contributed by atoms with Crippen molar-refractivity contribution in [2.24, 2.45) is 0 Å². The van der Waals surface area contributed by atoms with Crippen molar-refractivity contribution in [1.82, 2.24) is 0 Å². The van der Waals surface area contributed by atoms with Gasteiger partial charge in [-0.15, -0.1) is 0 Å². The predicted octanol–water partition coefficient (Wildman–Crippen LogP) is 3.51. The molecule has 1 aliphatic heterocycles. The highest BCUT2D eigenvalue weighted by Gasteiger charge is 2.44. The minimum absolute atomic E-state index is 0.178. The van der Waals surface area contributed by atoms with Gasteiger partial charge in [0.25, 0.3) is 0 Å². The summed E-state index contributed by atoms with van der Waals surface area (Å²) in [6.45, 7) is 11.5. The molecule has 1 aromatic carbocycles. The van der Waals surface area contributed by atoms with Crippen LogP contribution >= 0.6 is 7.92 Å². The zero-order chi connectivity index (χ0) is 10.5. The van der Waals surface area contributed by atoms with Crippen LogP contribution < -0.4 is 5.30 Å². The standard InChI is InChI=1S/C13H19P/c1-8-6-9(2)13(10(3)7-8)14-11(4)12(14)5/h6-7,11-12H,1-5H3/t11-,12-/m1/s1. The summed E-state index contributed by atoms with van der Waals surface area (Å²) in [5, 5.41) is 1.69. The summed E-state index contributed by atoms with van der Waals surface area (Å²) < 4.78 is 0. The molecule has 0 amide bonds. The molecule has 1 saturated heterocycles. The highest BCUT2D eigenvalue weighted by Crippen LogP contribution is 2.65. The summed E-state index contributed by atoms with van der Waals surface area (Å²) >= 11 is 0. The molecule has 0 bridgehead atoms. The van der Waals surface area contributed by atoms with Crippen molar-refractivity contribution in [1.29, 1.82) is 0 Å². The predicted molar refractivity (Wildman–Crippen MR) is 66.1 cm³/mol. The Kier molecular flexibility index (Phi) is 2.43. The molecule has 1 aliphatic rings. The molecule has 1 fully saturated rings. The minimum atomic E-state index is 0.178. The first-order chi connectivity index (χ1) is 6.52. The lowest BCUT2D eigenvalue weighted by atomic mass is 10.1. The van der Waals surface area contributed by atoms with Crippen LogP contribution in [0, 0.1) is 20.8 Å². The lowest BCUT2D eigenvalue weighted by Crippen LogP contribution is -2.06. The number of rotatable bonds is 1. The smallest absolute Gasteiger partial charge is 0.0126 e. The van der Waals surface area contributed by atoms with Gasteiger partial charge in [0.1, 0.15) is 0 Å². The SMILES string of the molecule is Cc1cc(C)c(P2[C@H](C)[C@H]2C)c(C)c1. The van der Waals surface area contributed by atoms with Crippen molar-refractivity contribution in [3.8, 4) is 0 Å². The van der Waals surface area contributed by atoms with Gasteiger partial charge in [-0.25, -0.2) is 0 Å². The van der Waals surface area contributed by atoms with Crippen LogP contribution in [-0.4, -0.2) is 11.3 Å². The number of hydrogen-bond acceptors (Lipinski definition) is 0. The summed E-state index contributed by atoms with van der Waals surface area (Å²) in [5.41, 5.74) is 6.34. The molecule has 0 radical (unpaired) electrons. The summed E-state index contributed by atoms with van der Waals surface area (Å²) in [6.07, 6.45) is 0. The van der Waals surface area contributed by atoms with E-state index >= 15 is 0 Å². The van der Waals surface area contributed by atoms with E-state index in [1.807, 2.05) is 0 Å². The third-order valence-corrected chi connectivity index (χ3v) is 6.91. The Morgan fingerprint density at radius 1 is 0.929 bits per heavy atom. The van der Waals surface area contributed by atoms with Gasteiger partial charge in [-0.05, 0) is 48.5 Å². The maximum Gasteiger partial charge on any atom is -0.0126 e. The van der Waals surface area contributed by atoms with E-state index in [4.69, 9.17) is 0 Å². The van der Waals surface area contributed by atoms with E-state index in [0.29, 0.717) is 0 Å². The topological polar surface area (TPSA) is 0 Å². The molecule has 0 unspecified atom stereocenters. The van der Waals surface area contributed by atoms with Crippen molar-refractivity contribution in [2.45, 2.75) is 45.9 Å². The first-order valence-corrected chi connectivity index (χ1v) is 6.86. The minimum Gasteiger partial charge on any atom is -0.0677 e. The Morgan fingerprint density at radius 2 is 1.36 bits per heavy atom. The second-order valence-electron chi connectivity index (χ2n) is 4.64. The van der Waals surface area contributed by atoms with Gasteiger partial charge >= 0.3 is 0 Å². The summed E-state index contributed by atoms with van der Waals surface area (Å²) in [4.78, 5) is 0. The molecule has 0 N–H and O–H groups in total. The van der Waals surface area contributed by atoms with E-state index < -0.39 is 0 Å². The van der Waals surface area contributed by atoms with Gasteiger partial charge < -0.3 is 0 Å². The van der Waals surface area contributed by atoms with Gasteiger partial charge in [0.15, 0.2) is 0 Å². The van der Waals surface area contributed by atoms with E-state index in [1.165, 1.54) is 16.7 Å². The van der Waals surface area contributed by atoms with E-state index in [0.717, 1.165) is 11.3 Å². The molecular weight excluding hydrogens is 187 g/mol. The lowest BCUT2D eigenvalue weighted by Gasteiger charge is -2.10. The molecule has 1 aromatic rings. The molecule has 2 atom stereocenters. The van der Waals surface area contributed by atoms with Crippen molar-refractivity contribution < 1.29 is 0 Å². The van der Waals surface area contributed by atoms with Gasteiger partial charge in [-0.2, -0.15) is 0 Å². The third-order valence-electron chi connectivity index (χ3n) is 3.38. The second kappa shape index (κ2) is 3.35. The fourth-order valence-electron chi connectivity index (χ4n) is 2.49. The molecule has 14 heavy (non-hydrogen) atoms. The van der Waals surface area contributed by atoms with Crippen molar-refractivity contribution in [3.63, 3.8) is 0 Å². The maximum atomic E-state index is 2.40. The average molecular weight is 206 g/mol. The van der Waals surface area contributed by atoms with Crippen molar-refractivity contribution in [2.75, 3.05) is 0 Å². The van der Waals surface area contributed by atoms with Gasteiger partial charge in [0.2, 0.25) is 0 Å². The molecule has 0 aromatic heterocycles. The molecule has 0 saturated carbocycles. The number of hydrogen-bond donors (Lipinski definition) is 0. The Balaban J connectivity index is 2.44. The second-order valence-corrected chi connectivity index (χ2v) is 7.53. The third kappa shape index (κ3) is 1.50. The van der Waals surface area contributed by atoms with E-state index in [1.54, 1.807) is 5.30 Å². The summed E-state index contributed by atoms with van der Waals surface area (Å²) in [6, 6.07) is 4.67. The monoisotopic (exact) mass is 206 g/mol. The Hall–Kier alpha value is -0.350. The van der Waals surface area contributed by atoms with Crippen LogP contribution in [0.1, 0.15) is 30.5 Å². The Bertz CT molecular complexity index is 336. The molecule has 0 spiro atoms. The first-order valence-electron chi connectivity index (χ1n) is 5.38. The van der Waals surface area contributed by atoms with Crippen LogP contribution in [0.15, 0.2) is 12.1 Å². The zero-order valence-corrected chi connectivity index (χ0v) is 10.7. The lowest BCUT2D eigenvalue weighted by molar-refractivity contribution is 1.05. The van der Waals surface area contributed by atoms with Gasteiger partial charge in [0, 0.05) is 0 Å². The van der Waals surface area contributed by atoms with Crippen LogP contribution in [0.5, 0.6) is 0 Å². The molecule has 0 aliphatic carbocycles. The maximum absolute atomic E-state index is 2.40. The van der Waals surface area contributed by atoms with Crippen LogP contribution in [-0.2, 0) is 0 Å². The van der Waals surface area contributed by atoms with E-state index in [2.05, 4.69) is 46.8 Å². The van der Waals surface area contributed by atoms with Crippen LogP contribution in [0.3, 0.4) is 0 Å². The zero-order valence-electron chi connectivity index (χ0n) is 9.76. The first kappa shape index (κ1) is 10.2. The van der Waals surface area contributed by atoms with E-state index in [9.17, 15) is 0 Å². The average Bonchev–Trinajstić information content (AvgIpc) is 2.60. The van der Waals surface area contributed by atoms with Gasteiger partial charge in [-0.3, -0.25) is 0 Å². The van der Waals surface area contributed by atoms with Crippen LogP contribution in [0.4, 0.5) is 0 Å². The summed E-state index contributed by atoms with van der Waals surface area (Å²) in [5.74, 6) is 0. The van der Waals surface area contributed by atoms with E-state index in [-0.39, 0.29) is 7.92 Å². The fraction of sp³-hybridized carbons (Fsp3) is 0.538. The van der Waals surface area contributed by atoms with Crippen LogP contribution in [0.25, 0.3) is 0 Å². The quantitative estimate of drug-likeness (QED) is 0.617. The number of benzene rings is 1. The molecule has 2 rings (SSSR count). The molecule has 1 heteroatoms. The van der Waals surface area contributed by atoms with Crippen LogP contribution in [0.2, 0.25) is 0 Å². The number of aryl methyl sites for hydroxylation is 3. The molecule has 0 nitrogen and oxygen atoms in total. The largest absolute Gasteiger partial charge is 0.0677 e. The van der Waals surface area contributed by atoms with Crippen molar-refractivity contribution >= 4 is 13.2 Å². The van der Waals surface area contributed by atoms with Gasteiger partial charge in [-0.1, -0.05) is 39.5 Å². The highest BCUT2D eigenvalue weighted by molar-refractivity contribution is 7.74. The summed E-state index contributed by atoms with van der Waals surface area (Å²) in [7, 11) is 0.178. The Labute approximate surface area is 88.5 Å².